The van der Waals surface area contributed by atoms with Crippen LogP contribution in [0.2, 0.25) is 0 Å². The summed E-state index contributed by atoms with van der Waals surface area (Å²) in [6.07, 6.45) is 1.22. The van der Waals surface area contributed by atoms with Gasteiger partial charge in [-0.05, 0) is 6.92 Å². The van der Waals surface area contributed by atoms with Crippen LogP contribution in [0.3, 0.4) is 0 Å². The normalized spacial score (nSPS) is 15.7. The van der Waals surface area contributed by atoms with E-state index in [2.05, 4.69) is 10.2 Å². The average molecular weight is 207 g/mol. The van der Waals surface area contributed by atoms with E-state index >= 15 is 0 Å². The fourth-order valence-corrected chi connectivity index (χ4v) is 1.37. The first-order valence-corrected chi connectivity index (χ1v) is 4.36. The van der Waals surface area contributed by atoms with Crippen molar-refractivity contribution in [3.05, 3.63) is 23.5 Å². The summed E-state index contributed by atoms with van der Waals surface area (Å²) in [5.41, 5.74) is 0.899. The smallest absolute Gasteiger partial charge is 0.333 e. The van der Waals surface area contributed by atoms with Gasteiger partial charge in [-0.25, -0.2) is 4.79 Å². The van der Waals surface area contributed by atoms with Crippen LogP contribution in [0.1, 0.15) is 12.1 Å². The first-order valence-electron chi connectivity index (χ1n) is 4.36. The number of nitrogens with zero attached hydrogens (tertiary/aromatic N) is 2. The van der Waals surface area contributed by atoms with Gasteiger partial charge in [-0.15, -0.1) is 0 Å². The number of hydrogen-bond acceptors (Lipinski definition) is 3. The Kier molecular flexibility index (Phi) is 2.03. The SMILES string of the molecule is Cc1cc(N2C=C(C(=O)O)CC2=O)n[nH]1. The van der Waals surface area contributed by atoms with E-state index in [0.29, 0.717) is 5.82 Å². The lowest BCUT2D eigenvalue weighted by Crippen LogP contribution is -2.19. The molecule has 78 valence electrons. The molecule has 0 aliphatic carbocycles. The van der Waals surface area contributed by atoms with Crippen molar-refractivity contribution < 1.29 is 14.7 Å². The summed E-state index contributed by atoms with van der Waals surface area (Å²) < 4.78 is 0. The number of aromatic amines is 1. The molecule has 0 radical (unpaired) electrons. The van der Waals surface area contributed by atoms with E-state index in [9.17, 15) is 9.59 Å². The van der Waals surface area contributed by atoms with E-state index in [1.165, 1.54) is 11.1 Å². The standard InChI is InChI=1S/C9H9N3O3/c1-5-2-7(11-10-5)12-4-6(9(14)15)3-8(12)13/h2,4H,3H2,1H3,(H,10,11)(H,14,15). The summed E-state index contributed by atoms with van der Waals surface area (Å²) in [7, 11) is 0. The van der Waals surface area contributed by atoms with Crippen LogP contribution in [0.15, 0.2) is 17.8 Å². The van der Waals surface area contributed by atoms with Crippen molar-refractivity contribution in [2.24, 2.45) is 0 Å². The Bertz CT molecular complexity index is 461. The molecule has 0 saturated carbocycles. The quantitative estimate of drug-likeness (QED) is 0.735. The fraction of sp³-hybridized carbons (Fsp3) is 0.222. The van der Waals surface area contributed by atoms with Gasteiger partial charge < -0.3 is 5.11 Å². The fourth-order valence-electron chi connectivity index (χ4n) is 1.37. The zero-order valence-corrected chi connectivity index (χ0v) is 8.02. The number of aliphatic carboxylic acids is 1. The molecule has 0 fully saturated rings. The lowest BCUT2D eigenvalue weighted by molar-refractivity contribution is -0.133. The van der Waals surface area contributed by atoms with Gasteiger partial charge in [0.25, 0.3) is 0 Å². The Morgan fingerprint density at radius 1 is 1.67 bits per heavy atom. The number of carboxylic acids is 1. The first-order chi connectivity index (χ1) is 7.08. The number of aryl methyl sites for hydroxylation is 1. The third kappa shape index (κ3) is 1.61. The Labute approximate surface area is 85.2 Å². The van der Waals surface area contributed by atoms with E-state index in [1.807, 2.05) is 0 Å². The Balaban J connectivity index is 2.31. The molecule has 0 spiro atoms. The highest BCUT2D eigenvalue weighted by atomic mass is 16.4. The van der Waals surface area contributed by atoms with Gasteiger partial charge in [-0.3, -0.25) is 14.8 Å². The van der Waals surface area contributed by atoms with Crippen LogP contribution in [0.25, 0.3) is 0 Å². The van der Waals surface area contributed by atoms with Crippen LogP contribution in [0, 0.1) is 6.92 Å². The minimum absolute atomic E-state index is 0.0821. The van der Waals surface area contributed by atoms with Crippen molar-refractivity contribution in [3.63, 3.8) is 0 Å². The third-order valence-corrected chi connectivity index (χ3v) is 2.11. The molecule has 1 amide bonds. The van der Waals surface area contributed by atoms with Crippen LogP contribution in [-0.4, -0.2) is 27.2 Å². The lowest BCUT2D eigenvalue weighted by atomic mass is 10.2. The molecule has 6 nitrogen and oxygen atoms in total. The molecule has 0 bridgehead atoms. The van der Waals surface area contributed by atoms with E-state index in [4.69, 9.17) is 5.11 Å². The Hall–Kier alpha value is -2.11. The summed E-state index contributed by atoms with van der Waals surface area (Å²) in [6.45, 7) is 1.80. The van der Waals surface area contributed by atoms with Gasteiger partial charge in [0.15, 0.2) is 5.82 Å². The van der Waals surface area contributed by atoms with Crippen molar-refractivity contribution >= 4 is 17.7 Å². The second kappa shape index (κ2) is 3.23. The van der Waals surface area contributed by atoms with Crippen molar-refractivity contribution in [1.29, 1.82) is 0 Å². The number of carbonyl (C=O) groups is 2. The summed E-state index contributed by atoms with van der Waals surface area (Å²) in [5, 5.41) is 15.3. The van der Waals surface area contributed by atoms with Crippen molar-refractivity contribution in [1.82, 2.24) is 10.2 Å². The number of carboxylic acid groups (broad SMARTS) is 1. The highest BCUT2D eigenvalue weighted by Crippen LogP contribution is 2.22. The summed E-state index contributed by atoms with van der Waals surface area (Å²) in [6, 6.07) is 1.68. The Morgan fingerprint density at radius 3 is 2.87 bits per heavy atom. The van der Waals surface area contributed by atoms with Crippen molar-refractivity contribution in [3.8, 4) is 0 Å². The van der Waals surface area contributed by atoms with Gasteiger partial charge in [-0.1, -0.05) is 0 Å². The van der Waals surface area contributed by atoms with Gasteiger partial charge in [0.05, 0.1) is 12.0 Å². The molecule has 0 aromatic carbocycles. The molecular weight excluding hydrogens is 198 g/mol. The average Bonchev–Trinajstić information content (AvgIpc) is 2.71. The minimum atomic E-state index is -1.07. The largest absolute Gasteiger partial charge is 0.478 e. The topological polar surface area (TPSA) is 86.3 Å². The zero-order valence-electron chi connectivity index (χ0n) is 8.02. The predicted octanol–water partition coefficient (Wildman–Crippen LogP) is 0.423. The number of carbonyl (C=O) groups excluding carboxylic acids is 1. The molecule has 0 saturated heterocycles. The predicted molar refractivity (Wildman–Crippen MR) is 51.1 cm³/mol. The summed E-state index contributed by atoms with van der Waals surface area (Å²) in [4.78, 5) is 23.4. The van der Waals surface area contributed by atoms with Crippen molar-refractivity contribution in [2.45, 2.75) is 13.3 Å². The van der Waals surface area contributed by atoms with Gasteiger partial charge in [0, 0.05) is 18.0 Å². The molecule has 1 aliphatic rings. The van der Waals surface area contributed by atoms with Crippen LogP contribution in [-0.2, 0) is 9.59 Å². The number of anilines is 1. The molecule has 0 atom stereocenters. The van der Waals surface area contributed by atoms with E-state index in [-0.39, 0.29) is 17.9 Å². The maximum absolute atomic E-state index is 11.5. The third-order valence-electron chi connectivity index (χ3n) is 2.11. The minimum Gasteiger partial charge on any atom is -0.478 e. The lowest BCUT2D eigenvalue weighted by Gasteiger charge is -2.07. The van der Waals surface area contributed by atoms with Crippen LogP contribution < -0.4 is 4.90 Å². The molecule has 2 rings (SSSR count). The van der Waals surface area contributed by atoms with Gasteiger partial charge >= 0.3 is 5.97 Å². The number of hydrogen-bond donors (Lipinski definition) is 2. The first kappa shape index (κ1) is 9.45. The van der Waals surface area contributed by atoms with E-state index < -0.39 is 5.97 Å². The van der Waals surface area contributed by atoms with E-state index in [1.54, 1.807) is 13.0 Å². The number of rotatable bonds is 2. The molecule has 2 heterocycles. The molecule has 1 aromatic rings. The summed E-state index contributed by atoms with van der Waals surface area (Å²) >= 11 is 0. The van der Waals surface area contributed by atoms with Crippen LogP contribution >= 0.6 is 0 Å². The van der Waals surface area contributed by atoms with Crippen molar-refractivity contribution in [2.75, 3.05) is 4.90 Å². The number of amides is 1. The second-order valence-corrected chi connectivity index (χ2v) is 3.31. The molecule has 1 aromatic heterocycles. The molecule has 6 heteroatoms. The molecule has 1 aliphatic heterocycles. The second-order valence-electron chi connectivity index (χ2n) is 3.31. The van der Waals surface area contributed by atoms with Crippen LogP contribution in [0.5, 0.6) is 0 Å². The molecule has 0 unspecified atom stereocenters. The van der Waals surface area contributed by atoms with E-state index in [0.717, 1.165) is 5.69 Å². The number of aromatic nitrogens is 2. The number of H-pyrrole nitrogens is 1. The zero-order chi connectivity index (χ0) is 11.0. The maximum Gasteiger partial charge on any atom is 0.333 e. The van der Waals surface area contributed by atoms with Gasteiger partial charge in [0.1, 0.15) is 0 Å². The summed E-state index contributed by atoms with van der Waals surface area (Å²) in [5.74, 6) is -0.925. The van der Waals surface area contributed by atoms with Crippen LogP contribution in [0.4, 0.5) is 5.82 Å². The molecule has 15 heavy (non-hydrogen) atoms. The highest BCUT2D eigenvalue weighted by molar-refractivity contribution is 6.06. The maximum atomic E-state index is 11.5. The monoisotopic (exact) mass is 207 g/mol. The molecule has 2 N–H and O–H groups in total. The van der Waals surface area contributed by atoms with Gasteiger partial charge in [0.2, 0.25) is 5.91 Å². The molecular formula is C9H9N3O3. The van der Waals surface area contributed by atoms with Gasteiger partial charge in [-0.2, -0.15) is 5.10 Å². The Morgan fingerprint density at radius 2 is 2.40 bits per heavy atom. The highest BCUT2D eigenvalue weighted by Gasteiger charge is 2.27. The number of nitrogens with one attached hydrogen (secondary N) is 1.